The average molecular weight is 866 g/mol. The molecule has 1 aromatic rings. The molecule has 2 aliphatic heterocycles. The Hall–Kier alpha value is -4.02. The molecule has 344 valence electrons. The summed E-state index contributed by atoms with van der Waals surface area (Å²) >= 11 is 0. The lowest BCUT2D eigenvalue weighted by atomic mass is 9.86. The number of fused-ring (bicyclic) bond motifs is 2. The van der Waals surface area contributed by atoms with Gasteiger partial charge in [0.2, 0.25) is 0 Å². The van der Waals surface area contributed by atoms with Gasteiger partial charge in [0.15, 0.2) is 12.2 Å². The maximum absolute atomic E-state index is 13.0. The molecular weight excluding hydrogens is 795 g/mol. The summed E-state index contributed by atoms with van der Waals surface area (Å²) in [6.07, 6.45) is 24.8. The third-order valence-electron chi connectivity index (χ3n) is 11.1. The van der Waals surface area contributed by atoms with Crippen LogP contribution < -0.4 is 0 Å². The van der Waals surface area contributed by atoms with Crippen LogP contribution in [0.4, 0.5) is 0 Å². The standard InChI is InChI=1S/C49H71NO12/c1-31-21-15-11-14-18-26-43(54)62-45(35(5)40(53)28-34(4)51)32(2)22-16-12-13-17-24-39(52)29-42(56-8)36(6)48-50-38(30-59-48)23-19-20-25-41(33(3)27-31)61-49-47(58-10)46(57-9)44(55)37(7)60-49/h11-27,30,32-37,39-42,44-47,49,51-53,55H,28-29H2,1-10H3/b13-12+,14-11+,21-15-,22-16-,23-19-,24-17+,25-20+,26-18-,31-27+/t32-,33+,34-,35-,36+,37+,39+,40-,41-,42+,44+,45+,46-,47+,49-/m0/s1. The molecule has 62 heavy (non-hydrogen) atoms. The highest BCUT2D eigenvalue weighted by molar-refractivity contribution is 5.82. The first-order chi connectivity index (χ1) is 29.6. The summed E-state index contributed by atoms with van der Waals surface area (Å²) < 4.78 is 41.4. The van der Waals surface area contributed by atoms with E-state index in [1.54, 1.807) is 76.7 Å². The van der Waals surface area contributed by atoms with E-state index in [0.29, 0.717) is 18.0 Å². The molecule has 0 aromatic carbocycles. The maximum atomic E-state index is 13.0. The molecule has 15 atom stereocenters. The fraction of sp³-hybridized carbons (Fsp3) is 0.551. The van der Waals surface area contributed by atoms with Gasteiger partial charge in [-0.1, -0.05) is 124 Å². The van der Waals surface area contributed by atoms with Gasteiger partial charge in [-0.15, -0.1) is 0 Å². The molecule has 1 saturated heterocycles. The van der Waals surface area contributed by atoms with Crippen molar-refractivity contribution in [2.24, 2.45) is 17.8 Å². The first-order valence-corrected chi connectivity index (χ1v) is 21.4. The van der Waals surface area contributed by atoms with E-state index in [4.69, 9.17) is 32.8 Å². The smallest absolute Gasteiger partial charge is 0.331 e. The van der Waals surface area contributed by atoms with Crippen molar-refractivity contribution in [3.63, 3.8) is 0 Å². The van der Waals surface area contributed by atoms with Gasteiger partial charge in [0.1, 0.15) is 36.4 Å². The number of aliphatic hydroxyl groups is 4. The van der Waals surface area contributed by atoms with Crippen LogP contribution in [-0.4, -0.2) is 120 Å². The Morgan fingerprint density at radius 2 is 1.42 bits per heavy atom. The van der Waals surface area contributed by atoms with E-state index in [1.165, 1.54) is 20.3 Å². The molecule has 1 fully saturated rings. The van der Waals surface area contributed by atoms with Crippen molar-refractivity contribution in [1.29, 1.82) is 0 Å². The Morgan fingerprint density at radius 1 is 0.790 bits per heavy atom. The van der Waals surface area contributed by atoms with E-state index in [9.17, 15) is 25.2 Å². The number of cyclic esters (lactones) is 1. The molecule has 0 radical (unpaired) electrons. The van der Waals surface area contributed by atoms with E-state index in [-0.39, 0.29) is 30.3 Å². The van der Waals surface area contributed by atoms with Crippen molar-refractivity contribution < 1.29 is 58.1 Å². The van der Waals surface area contributed by atoms with E-state index in [1.807, 2.05) is 76.3 Å². The van der Waals surface area contributed by atoms with Gasteiger partial charge in [-0.05, 0) is 33.3 Å². The number of rotatable bonds is 9. The first kappa shape index (κ1) is 52.3. The van der Waals surface area contributed by atoms with Gasteiger partial charge >= 0.3 is 5.97 Å². The number of methoxy groups -OCH3 is 3. The molecule has 4 N–H and O–H groups in total. The number of carbonyl (C=O) groups excluding carboxylic acids is 1. The predicted octanol–water partition coefficient (Wildman–Crippen LogP) is 6.88. The minimum atomic E-state index is -0.903. The number of carbonyl (C=O) groups is 1. The molecule has 2 bridgehead atoms. The largest absolute Gasteiger partial charge is 0.458 e. The molecular formula is C49H71NO12. The summed E-state index contributed by atoms with van der Waals surface area (Å²) in [7, 11) is 4.63. The number of hydrogen-bond acceptors (Lipinski definition) is 13. The molecule has 2 aliphatic rings. The highest BCUT2D eigenvalue weighted by atomic mass is 16.7. The minimum absolute atomic E-state index is 0.141. The zero-order valence-electron chi connectivity index (χ0n) is 38.0. The van der Waals surface area contributed by atoms with Gasteiger partial charge in [0, 0.05) is 51.6 Å². The molecule has 13 heteroatoms. The lowest BCUT2D eigenvalue weighted by molar-refractivity contribution is -0.310. The van der Waals surface area contributed by atoms with Crippen molar-refractivity contribution in [3.05, 3.63) is 121 Å². The van der Waals surface area contributed by atoms with Crippen LogP contribution in [0, 0.1) is 17.8 Å². The fourth-order valence-electron chi connectivity index (χ4n) is 7.36. The van der Waals surface area contributed by atoms with Crippen molar-refractivity contribution in [1.82, 2.24) is 4.98 Å². The van der Waals surface area contributed by atoms with Crippen LogP contribution >= 0.6 is 0 Å². The van der Waals surface area contributed by atoms with Crippen LogP contribution in [0.2, 0.25) is 0 Å². The molecule has 13 nitrogen and oxygen atoms in total. The lowest BCUT2D eigenvalue weighted by Gasteiger charge is -2.43. The minimum Gasteiger partial charge on any atom is -0.458 e. The third-order valence-corrected chi connectivity index (χ3v) is 11.1. The summed E-state index contributed by atoms with van der Waals surface area (Å²) in [4.78, 5) is 17.7. The van der Waals surface area contributed by atoms with Gasteiger partial charge in [0.05, 0.1) is 42.5 Å². The van der Waals surface area contributed by atoms with Gasteiger partial charge < -0.3 is 53.3 Å². The van der Waals surface area contributed by atoms with Gasteiger partial charge in [0.25, 0.3) is 0 Å². The Morgan fingerprint density at radius 3 is 2.08 bits per heavy atom. The lowest BCUT2D eigenvalue weighted by Crippen LogP contribution is -2.59. The second kappa shape index (κ2) is 27.2. The van der Waals surface area contributed by atoms with E-state index >= 15 is 0 Å². The molecule has 0 unspecified atom stereocenters. The number of oxazole rings is 1. The summed E-state index contributed by atoms with van der Waals surface area (Å²) in [5, 5.41) is 42.3. The summed E-state index contributed by atoms with van der Waals surface area (Å²) in [6, 6.07) is 0. The van der Waals surface area contributed by atoms with E-state index in [0.717, 1.165) is 5.57 Å². The Kier molecular flexibility index (Phi) is 23.0. The molecule has 0 spiro atoms. The highest BCUT2D eigenvalue weighted by Crippen LogP contribution is 2.30. The van der Waals surface area contributed by atoms with E-state index in [2.05, 4.69) is 11.1 Å². The van der Waals surface area contributed by atoms with Crippen molar-refractivity contribution in [2.75, 3.05) is 21.3 Å². The topological polar surface area (TPSA) is 179 Å². The quantitative estimate of drug-likeness (QED) is 0.189. The number of esters is 1. The second-order valence-electron chi connectivity index (χ2n) is 16.2. The third kappa shape index (κ3) is 16.9. The molecule has 0 amide bonds. The Labute approximate surface area is 368 Å². The fourth-order valence-corrected chi connectivity index (χ4v) is 7.36. The normalized spacial score (nSPS) is 37.7. The number of nitrogens with zero attached hydrogens (tertiary/aromatic N) is 1. The van der Waals surface area contributed by atoms with Gasteiger partial charge in [-0.3, -0.25) is 0 Å². The molecule has 0 aliphatic carbocycles. The highest BCUT2D eigenvalue weighted by Gasteiger charge is 2.46. The first-order valence-electron chi connectivity index (χ1n) is 21.4. The summed E-state index contributed by atoms with van der Waals surface area (Å²) in [5.74, 6) is -1.26. The van der Waals surface area contributed by atoms with Crippen molar-refractivity contribution >= 4 is 12.0 Å². The number of aromatic nitrogens is 1. The van der Waals surface area contributed by atoms with Crippen LogP contribution in [-0.2, 0) is 33.2 Å². The van der Waals surface area contributed by atoms with Crippen LogP contribution in [0.3, 0.4) is 0 Å². The van der Waals surface area contributed by atoms with Crippen molar-refractivity contribution in [2.45, 2.75) is 135 Å². The number of allylic oxidation sites excluding steroid dienone is 12. The predicted molar refractivity (Wildman–Crippen MR) is 240 cm³/mol. The maximum Gasteiger partial charge on any atom is 0.331 e. The second-order valence-corrected chi connectivity index (χ2v) is 16.2. The summed E-state index contributed by atoms with van der Waals surface area (Å²) in [5.41, 5.74) is 1.56. The van der Waals surface area contributed by atoms with Crippen LogP contribution in [0.5, 0.6) is 0 Å². The van der Waals surface area contributed by atoms with E-state index < -0.39 is 73.1 Å². The SMILES string of the molecule is CO[C@H]1[C@H](O[C@H]2/C=C/C=C\c3coc(n3)[C@H](C)[C@H](OC)C[C@H](O)/C=C/C=C/C=C\[C@H](C)[C@H]([C@@H](C)[C@@H](O)C[C@H](C)O)OC(=O)\C=C/C=C/C=C\C(C)=C\[C@H]2C)O[C@H](C)[C@@H](O)[C@@H]1OC. The van der Waals surface area contributed by atoms with Crippen LogP contribution in [0.15, 0.2) is 113 Å². The van der Waals surface area contributed by atoms with Crippen LogP contribution in [0.1, 0.15) is 78.8 Å². The Balaban J connectivity index is 1.96. The van der Waals surface area contributed by atoms with Crippen molar-refractivity contribution in [3.8, 4) is 0 Å². The number of ether oxygens (including phenoxy) is 6. The zero-order valence-corrected chi connectivity index (χ0v) is 38.0. The average Bonchev–Trinajstić information content (AvgIpc) is 3.71. The van der Waals surface area contributed by atoms with Gasteiger partial charge in [-0.2, -0.15) is 0 Å². The zero-order chi connectivity index (χ0) is 45.8. The summed E-state index contributed by atoms with van der Waals surface area (Å²) in [6.45, 7) is 13.0. The molecule has 1 aromatic heterocycles. The van der Waals surface area contributed by atoms with Gasteiger partial charge in [-0.25, -0.2) is 9.78 Å². The number of hydrogen-bond donors (Lipinski definition) is 4. The Bertz CT molecular complexity index is 1750. The van der Waals surface area contributed by atoms with Crippen LogP contribution in [0.25, 0.3) is 6.08 Å². The molecule has 0 saturated carbocycles. The molecule has 3 heterocycles. The monoisotopic (exact) mass is 865 g/mol. The molecule has 3 rings (SSSR count). The number of aliphatic hydroxyl groups excluding tert-OH is 4.